The smallest absolute Gasteiger partial charge is 0.230 e. The number of aromatic nitrogens is 2. The van der Waals surface area contributed by atoms with Crippen LogP contribution in [0.25, 0.3) is 0 Å². The zero-order valence-corrected chi connectivity index (χ0v) is 16.2. The van der Waals surface area contributed by atoms with Gasteiger partial charge in [-0.15, -0.1) is 0 Å². The number of aryl methyl sites for hydroxylation is 1. The highest BCUT2D eigenvalue weighted by atomic mass is 19.1. The van der Waals surface area contributed by atoms with Crippen LogP contribution in [-0.4, -0.2) is 22.3 Å². The number of ketones is 1. The molecule has 0 bridgehead atoms. The number of anilines is 1. The SMILES string of the molecule is Cc1nc(C(=O)c2ccc(F)cc2)nc(N2CCc3ccccc3C2C)c1C. The van der Waals surface area contributed by atoms with Crippen LogP contribution < -0.4 is 4.90 Å². The van der Waals surface area contributed by atoms with Crippen molar-refractivity contribution in [2.45, 2.75) is 33.2 Å². The predicted octanol–water partition coefficient (Wildman–Crippen LogP) is 4.59. The zero-order valence-electron chi connectivity index (χ0n) is 16.2. The molecule has 0 aliphatic carbocycles. The minimum absolute atomic E-state index is 0.149. The minimum Gasteiger partial charge on any atom is -0.349 e. The Hall–Kier alpha value is -3.08. The first-order valence-electron chi connectivity index (χ1n) is 9.45. The van der Waals surface area contributed by atoms with Gasteiger partial charge in [0.2, 0.25) is 11.6 Å². The molecule has 0 saturated heterocycles. The third-order valence-electron chi connectivity index (χ3n) is 5.54. The average Bonchev–Trinajstić information content (AvgIpc) is 2.71. The van der Waals surface area contributed by atoms with Gasteiger partial charge in [-0.2, -0.15) is 0 Å². The molecule has 3 aromatic rings. The van der Waals surface area contributed by atoms with E-state index >= 15 is 0 Å². The molecule has 2 heterocycles. The summed E-state index contributed by atoms with van der Waals surface area (Å²) in [5.41, 5.74) is 4.78. The molecule has 4 rings (SSSR count). The van der Waals surface area contributed by atoms with Crippen molar-refractivity contribution in [2.75, 3.05) is 11.4 Å². The van der Waals surface area contributed by atoms with Crippen molar-refractivity contribution in [1.82, 2.24) is 9.97 Å². The van der Waals surface area contributed by atoms with E-state index in [-0.39, 0.29) is 23.5 Å². The van der Waals surface area contributed by atoms with Crippen LogP contribution in [0.15, 0.2) is 48.5 Å². The molecule has 0 fully saturated rings. The molecule has 28 heavy (non-hydrogen) atoms. The normalized spacial score (nSPS) is 16.0. The summed E-state index contributed by atoms with van der Waals surface area (Å²) in [4.78, 5) is 24.2. The standard InChI is InChI=1S/C23H22FN3O/c1-14-15(2)25-22(21(28)18-8-10-19(24)11-9-18)26-23(14)27-13-12-17-6-4-5-7-20(17)16(27)3/h4-11,16H,12-13H2,1-3H3. The number of benzene rings is 2. The molecule has 0 spiro atoms. The number of rotatable bonds is 3. The lowest BCUT2D eigenvalue weighted by molar-refractivity contribution is 0.102. The molecule has 1 unspecified atom stereocenters. The number of carbonyl (C=O) groups is 1. The summed E-state index contributed by atoms with van der Waals surface area (Å²) in [5.74, 6) is 0.268. The molecule has 142 valence electrons. The first-order valence-corrected chi connectivity index (χ1v) is 9.45. The topological polar surface area (TPSA) is 46.1 Å². The minimum atomic E-state index is -0.376. The van der Waals surface area contributed by atoms with Crippen molar-refractivity contribution in [3.63, 3.8) is 0 Å². The van der Waals surface area contributed by atoms with E-state index in [1.807, 2.05) is 13.8 Å². The Balaban J connectivity index is 1.74. The Morgan fingerprint density at radius 1 is 1.07 bits per heavy atom. The van der Waals surface area contributed by atoms with Gasteiger partial charge in [0.25, 0.3) is 0 Å². The van der Waals surface area contributed by atoms with Crippen LogP contribution in [0.5, 0.6) is 0 Å². The lowest BCUT2D eigenvalue weighted by Crippen LogP contribution is -2.35. The van der Waals surface area contributed by atoms with Gasteiger partial charge in [-0.1, -0.05) is 24.3 Å². The Morgan fingerprint density at radius 2 is 1.79 bits per heavy atom. The van der Waals surface area contributed by atoms with Crippen LogP contribution in [0.2, 0.25) is 0 Å². The Kier molecular flexibility index (Phi) is 4.67. The molecule has 0 saturated carbocycles. The van der Waals surface area contributed by atoms with Crippen molar-refractivity contribution in [2.24, 2.45) is 0 Å². The molecule has 1 aliphatic heterocycles. The maximum Gasteiger partial charge on any atom is 0.230 e. The molecule has 1 aliphatic rings. The lowest BCUT2D eigenvalue weighted by atomic mass is 9.93. The molecular weight excluding hydrogens is 353 g/mol. The third-order valence-corrected chi connectivity index (χ3v) is 5.54. The summed E-state index contributed by atoms with van der Waals surface area (Å²) >= 11 is 0. The van der Waals surface area contributed by atoms with Crippen molar-refractivity contribution in [3.05, 3.63) is 88.1 Å². The fraction of sp³-hybridized carbons (Fsp3) is 0.261. The van der Waals surface area contributed by atoms with Gasteiger partial charge in [-0.3, -0.25) is 4.79 Å². The van der Waals surface area contributed by atoms with Gasteiger partial charge in [0.1, 0.15) is 11.6 Å². The van der Waals surface area contributed by atoms with Crippen LogP contribution in [0, 0.1) is 19.7 Å². The summed E-state index contributed by atoms with van der Waals surface area (Å²) in [6, 6.07) is 14.1. The van der Waals surface area contributed by atoms with Gasteiger partial charge in [-0.25, -0.2) is 14.4 Å². The molecule has 1 atom stereocenters. The molecular formula is C23H22FN3O. The predicted molar refractivity (Wildman–Crippen MR) is 107 cm³/mol. The highest BCUT2D eigenvalue weighted by Crippen LogP contribution is 2.34. The summed E-state index contributed by atoms with van der Waals surface area (Å²) in [6.07, 6.45) is 0.935. The number of hydrogen-bond acceptors (Lipinski definition) is 4. The van der Waals surface area contributed by atoms with Gasteiger partial charge < -0.3 is 4.90 Å². The molecule has 0 amide bonds. The highest BCUT2D eigenvalue weighted by molar-refractivity contribution is 6.06. The zero-order chi connectivity index (χ0) is 19.8. The summed E-state index contributed by atoms with van der Waals surface area (Å²) in [7, 11) is 0. The quantitative estimate of drug-likeness (QED) is 0.628. The van der Waals surface area contributed by atoms with Crippen molar-refractivity contribution >= 4 is 11.6 Å². The monoisotopic (exact) mass is 375 g/mol. The summed E-state index contributed by atoms with van der Waals surface area (Å²) < 4.78 is 13.2. The maximum atomic E-state index is 13.2. The van der Waals surface area contributed by atoms with Gasteiger partial charge in [0, 0.05) is 23.4 Å². The third kappa shape index (κ3) is 3.17. The fourth-order valence-corrected chi connectivity index (χ4v) is 3.79. The Labute approximate surface area is 164 Å². The average molecular weight is 375 g/mol. The number of halogens is 1. The van der Waals surface area contributed by atoms with Crippen LogP contribution >= 0.6 is 0 Å². The van der Waals surface area contributed by atoms with E-state index in [9.17, 15) is 9.18 Å². The van der Waals surface area contributed by atoms with Gasteiger partial charge in [0.15, 0.2) is 0 Å². The Morgan fingerprint density at radius 3 is 2.54 bits per heavy atom. The van der Waals surface area contributed by atoms with E-state index in [1.165, 1.54) is 35.4 Å². The van der Waals surface area contributed by atoms with Crippen LogP contribution in [0.1, 0.15) is 51.5 Å². The molecule has 2 aromatic carbocycles. The van der Waals surface area contributed by atoms with E-state index in [4.69, 9.17) is 0 Å². The van der Waals surface area contributed by atoms with Crippen molar-refractivity contribution in [3.8, 4) is 0 Å². The van der Waals surface area contributed by atoms with Gasteiger partial charge >= 0.3 is 0 Å². The van der Waals surface area contributed by atoms with E-state index in [0.717, 1.165) is 30.0 Å². The van der Waals surface area contributed by atoms with E-state index in [1.54, 1.807) is 0 Å². The van der Waals surface area contributed by atoms with Crippen LogP contribution in [0.3, 0.4) is 0 Å². The summed E-state index contributed by atoms with van der Waals surface area (Å²) in [6.45, 7) is 6.88. The number of carbonyl (C=O) groups excluding carboxylic acids is 1. The van der Waals surface area contributed by atoms with E-state index in [0.29, 0.717) is 5.56 Å². The number of hydrogen-bond donors (Lipinski definition) is 0. The molecule has 5 heteroatoms. The van der Waals surface area contributed by atoms with Gasteiger partial charge in [-0.05, 0) is 62.6 Å². The van der Waals surface area contributed by atoms with Gasteiger partial charge in [0.05, 0.1) is 6.04 Å². The molecule has 1 aromatic heterocycles. The second-order valence-corrected chi connectivity index (χ2v) is 7.24. The van der Waals surface area contributed by atoms with E-state index < -0.39 is 0 Å². The molecule has 0 N–H and O–H groups in total. The highest BCUT2D eigenvalue weighted by Gasteiger charge is 2.27. The maximum absolute atomic E-state index is 13.2. The first kappa shape index (κ1) is 18.3. The van der Waals surface area contributed by atoms with Crippen molar-refractivity contribution < 1.29 is 9.18 Å². The lowest BCUT2D eigenvalue weighted by Gasteiger charge is -2.37. The second-order valence-electron chi connectivity index (χ2n) is 7.24. The largest absolute Gasteiger partial charge is 0.349 e. The van der Waals surface area contributed by atoms with Crippen LogP contribution in [-0.2, 0) is 6.42 Å². The first-order chi connectivity index (χ1) is 13.5. The van der Waals surface area contributed by atoms with Crippen molar-refractivity contribution in [1.29, 1.82) is 0 Å². The van der Waals surface area contributed by atoms with Crippen LogP contribution in [0.4, 0.5) is 10.2 Å². The number of fused-ring (bicyclic) bond motifs is 1. The van der Waals surface area contributed by atoms with E-state index in [2.05, 4.69) is 46.1 Å². The summed E-state index contributed by atoms with van der Waals surface area (Å²) in [5, 5.41) is 0. The Bertz CT molecular complexity index is 1050. The second kappa shape index (κ2) is 7.15. The number of nitrogens with zero attached hydrogens (tertiary/aromatic N) is 3. The molecule has 0 radical (unpaired) electrons. The molecule has 4 nitrogen and oxygen atoms in total. The fourth-order valence-electron chi connectivity index (χ4n) is 3.79.